The van der Waals surface area contributed by atoms with Crippen molar-refractivity contribution in [2.24, 2.45) is 5.14 Å². The van der Waals surface area contributed by atoms with Gasteiger partial charge < -0.3 is 4.90 Å². The Bertz CT molecular complexity index is 907. The summed E-state index contributed by atoms with van der Waals surface area (Å²) in [7, 11) is -2.17. The lowest BCUT2D eigenvalue weighted by atomic mass is 10.1. The summed E-state index contributed by atoms with van der Waals surface area (Å²) >= 11 is 0. The number of fused-ring (bicyclic) bond motifs is 1. The number of nitrogens with two attached hydrogens (primary N) is 1. The normalized spacial score (nSPS) is 16.7. The fraction of sp³-hybridized carbons (Fsp3) is 0.500. The molecule has 0 saturated carbocycles. The molecule has 1 fully saturated rings. The first-order chi connectivity index (χ1) is 11.3. The Balaban J connectivity index is 1.87. The maximum Gasteiger partial charge on any atom is 0.276 e. The summed E-state index contributed by atoms with van der Waals surface area (Å²) in [6.07, 6.45) is 2.76. The molecule has 0 atom stereocenters. The van der Waals surface area contributed by atoms with Crippen LogP contribution < -0.4 is 10.0 Å². The number of piperidine rings is 1. The first-order valence-electron chi connectivity index (χ1n) is 7.57. The van der Waals surface area contributed by atoms with E-state index >= 15 is 0 Å². The Labute approximate surface area is 140 Å². The topological polar surface area (TPSA) is 121 Å². The van der Waals surface area contributed by atoms with Gasteiger partial charge in [0.05, 0.1) is 0 Å². The predicted octanol–water partition coefficient (Wildman–Crippen LogP) is 0.0135. The van der Waals surface area contributed by atoms with E-state index in [0.717, 1.165) is 16.9 Å². The van der Waals surface area contributed by atoms with Crippen molar-refractivity contribution in [3.8, 4) is 6.07 Å². The molecule has 2 aromatic rings. The average molecular weight is 349 g/mol. The van der Waals surface area contributed by atoms with Crippen LogP contribution in [0.2, 0.25) is 0 Å². The maximum absolute atomic E-state index is 11.5. The molecule has 0 spiro atoms. The number of hydrogen-bond donors (Lipinski definition) is 1. The lowest BCUT2D eigenvalue weighted by Gasteiger charge is -2.36. The van der Waals surface area contributed by atoms with E-state index in [1.807, 2.05) is 6.92 Å². The highest BCUT2D eigenvalue weighted by Crippen LogP contribution is 2.27. The first-order valence-corrected chi connectivity index (χ1v) is 9.07. The second-order valence-corrected chi connectivity index (χ2v) is 7.55. The second kappa shape index (κ2) is 6.01. The quantitative estimate of drug-likeness (QED) is 0.833. The summed E-state index contributed by atoms with van der Waals surface area (Å²) in [5.41, 5.74) is 2.22. The third kappa shape index (κ3) is 2.82. The van der Waals surface area contributed by atoms with Gasteiger partial charge in [-0.15, -0.1) is 0 Å². The van der Waals surface area contributed by atoms with Gasteiger partial charge in [0, 0.05) is 26.2 Å². The van der Waals surface area contributed by atoms with Crippen molar-refractivity contribution in [2.45, 2.75) is 25.8 Å². The molecule has 2 N–H and O–H groups in total. The van der Waals surface area contributed by atoms with Crippen molar-refractivity contribution < 1.29 is 8.42 Å². The zero-order valence-electron chi connectivity index (χ0n) is 13.5. The van der Waals surface area contributed by atoms with Crippen molar-refractivity contribution in [2.75, 3.05) is 25.0 Å². The Morgan fingerprint density at radius 2 is 2.08 bits per heavy atom. The highest BCUT2D eigenvalue weighted by molar-refractivity contribution is 7.86. The molecule has 0 aliphatic carbocycles. The molecule has 0 unspecified atom stereocenters. The van der Waals surface area contributed by atoms with Gasteiger partial charge in [-0.25, -0.2) is 14.6 Å². The molecule has 3 heterocycles. The van der Waals surface area contributed by atoms with Crippen LogP contribution in [0.4, 0.5) is 5.82 Å². The van der Waals surface area contributed by atoms with Crippen molar-refractivity contribution in [1.82, 2.24) is 18.9 Å². The molecule has 128 valence electrons. The minimum Gasteiger partial charge on any atom is -0.355 e. The molecule has 0 amide bonds. The van der Waals surface area contributed by atoms with Crippen LogP contribution in [0.3, 0.4) is 0 Å². The van der Waals surface area contributed by atoms with Crippen LogP contribution in [-0.4, -0.2) is 53.5 Å². The highest BCUT2D eigenvalue weighted by Gasteiger charge is 2.29. The molecule has 10 heteroatoms. The molecule has 0 radical (unpaired) electrons. The van der Waals surface area contributed by atoms with Crippen LogP contribution in [0.1, 0.15) is 24.1 Å². The molecule has 1 saturated heterocycles. The molecule has 2 aromatic heterocycles. The van der Waals surface area contributed by atoms with E-state index in [2.05, 4.69) is 21.1 Å². The molecular formula is C14H19N7O2S. The molecule has 0 bridgehead atoms. The van der Waals surface area contributed by atoms with E-state index in [0.29, 0.717) is 31.6 Å². The largest absolute Gasteiger partial charge is 0.355 e. The van der Waals surface area contributed by atoms with E-state index in [4.69, 9.17) is 5.14 Å². The standard InChI is InChI=1S/C14H19N7O2S/c1-10-7-12(8-15)21-13(10)14(17-9-18-21)20-5-3-11(4-6-20)19(2)24(16,22)23/h7,9,11H,3-6H2,1-2H3,(H2,16,22,23). The molecule has 9 nitrogen and oxygen atoms in total. The first kappa shape index (κ1) is 16.6. The van der Waals surface area contributed by atoms with Gasteiger partial charge in [-0.05, 0) is 31.4 Å². The van der Waals surface area contributed by atoms with Crippen LogP contribution >= 0.6 is 0 Å². The molecule has 1 aliphatic heterocycles. The summed E-state index contributed by atoms with van der Waals surface area (Å²) in [6.45, 7) is 3.23. The van der Waals surface area contributed by atoms with E-state index in [-0.39, 0.29) is 6.04 Å². The average Bonchev–Trinajstić information content (AvgIpc) is 2.90. The Morgan fingerprint density at radius 1 is 1.42 bits per heavy atom. The lowest BCUT2D eigenvalue weighted by Crippen LogP contribution is -2.47. The van der Waals surface area contributed by atoms with Gasteiger partial charge in [0.1, 0.15) is 23.6 Å². The van der Waals surface area contributed by atoms with Gasteiger partial charge in [0.25, 0.3) is 10.2 Å². The third-order valence-corrected chi connectivity index (χ3v) is 5.62. The number of aryl methyl sites for hydroxylation is 1. The number of hydrogen-bond acceptors (Lipinski definition) is 6. The van der Waals surface area contributed by atoms with E-state index in [9.17, 15) is 13.7 Å². The molecule has 1 aliphatic rings. The summed E-state index contributed by atoms with van der Waals surface area (Å²) in [5, 5.41) is 18.6. The van der Waals surface area contributed by atoms with Crippen molar-refractivity contribution in [1.29, 1.82) is 5.26 Å². The molecule has 0 aromatic carbocycles. The van der Waals surface area contributed by atoms with Gasteiger partial charge >= 0.3 is 0 Å². The highest BCUT2D eigenvalue weighted by atomic mass is 32.2. The second-order valence-electron chi connectivity index (χ2n) is 5.95. The zero-order chi connectivity index (χ0) is 17.5. The van der Waals surface area contributed by atoms with Crippen LogP contribution in [0.5, 0.6) is 0 Å². The molecule has 24 heavy (non-hydrogen) atoms. The number of anilines is 1. The van der Waals surface area contributed by atoms with Gasteiger partial charge in [-0.3, -0.25) is 0 Å². The van der Waals surface area contributed by atoms with Gasteiger partial charge in [0.2, 0.25) is 0 Å². The predicted molar refractivity (Wildman–Crippen MR) is 88.5 cm³/mol. The Kier molecular flexibility index (Phi) is 4.16. The summed E-state index contributed by atoms with van der Waals surface area (Å²) in [6, 6.07) is 3.80. The maximum atomic E-state index is 11.5. The fourth-order valence-electron chi connectivity index (χ4n) is 3.17. The Morgan fingerprint density at radius 3 is 2.67 bits per heavy atom. The summed E-state index contributed by atoms with van der Waals surface area (Å²) in [5.74, 6) is 0.765. The van der Waals surface area contributed by atoms with Crippen molar-refractivity contribution in [3.05, 3.63) is 23.7 Å². The Hall–Kier alpha value is -2.22. The van der Waals surface area contributed by atoms with Crippen LogP contribution in [0.15, 0.2) is 12.4 Å². The fourth-order valence-corrected chi connectivity index (χ4v) is 3.79. The SMILES string of the molecule is Cc1cc(C#N)n2ncnc(N3CCC(N(C)S(N)(=O)=O)CC3)c12. The number of aromatic nitrogens is 3. The third-order valence-electron chi connectivity index (χ3n) is 4.52. The van der Waals surface area contributed by atoms with Crippen molar-refractivity contribution in [3.63, 3.8) is 0 Å². The number of rotatable bonds is 3. The summed E-state index contributed by atoms with van der Waals surface area (Å²) < 4.78 is 25.8. The molecule has 3 rings (SSSR count). The number of nitriles is 1. The van der Waals surface area contributed by atoms with Crippen molar-refractivity contribution >= 4 is 21.5 Å². The monoisotopic (exact) mass is 349 g/mol. The van der Waals surface area contributed by atoms with E-state index in [1.54, 1.807) is 10.6 Å². The minimum absolute atomic E-state index is 0.114. The number of nitrogens with zero attached hydrogens (tertiary/aromatic N) is 6. The van der Waals surface area contributed by atoms with Gasteiger partial charge in [-0.1, -0.05) is 0 Å². The van der Waals surface area contributed by atoms with Gasteiger partial charge in [-0.2, -0.15) is 23.1 Å². The minimum atomic E-state index is -3.68. The smallest absolute Gasteiger partial charge is 0.276 e. The van der Waals surface area contributed by atoms with Gasteiger partial charge in [0.15, 0.2) is 5.82 Å². The zero-order valence-corrected chi connectivity index (χ0v) is 14.4. The van der Waals surface area contributed by atoms with Crippen LogP contribution in [0, 0.1) is 18.3 Å². The van der Waals surface area contributed by atoms with Crippen LogP contribution in [-0.2, 0) is 10.2 Å². The van der Waals surface area contributed by atoms with Crippen LogP contribution in [0.25, 0.3) is 5.52 Å². The lowest BCUT2D eigenvalue weighted by molar-refractivity contribution is 0.312. The van der Waals surface area contributed by atoms with E-state index in [1.165, 1.54) is 17.7 Å². The molecular weight excluding hydrogens is 330 g/mol. The summed E-state index contributed by atoms with van der Waals surface area (Å²) in [4.78, 5) is 6.48. The van der Waals surface area contributed by atoms with E-state index < -0.39 is 10.2 Å².